The van der Waals surface area contributed by atoms with Gasteiger partial charge in [0.25, 0.3) is 0 Å². The first-order valence-corrected chi connectivity index (χ1v) is 4.92. The summed E-state index contributed by atoms with van der Waals surface area (Å²) in [6, 6.07) is 13.5. The largest absolute Gasteiger partial charge is 0.454 e. The van der Waals surface area contributed by atoms with Gasteiger partial charge in [0.05, 0.1) is 0 Å². The van der Waals surface area contributed by atoms with Crippen LogP contribution in [0.2, 0.25) is 0 Å². The maximum atomic E-state index is 13.3. The molecule has 2 rings (SSSR count). The van der Waals surface area contributed by atoms with Crippen LogP contribution in [0.3, 0.4) is 0 Å². The van der Waals surface area contributed by atoms with Crippen LogP contribution < -0.4 is 4.74 Å². The number of benzene rings is 2. The monoisotopic (exact) mass is 220 g/mol. The molecule has 2 aromatic rings. The molecule has 1 nitrogen and oxygen atoms in total. The molecule has 0 bridgehead atoms. The minimum Gasteiger partial charge on any atom is -0.454 e. The van der Waals surface area contributed by atoms with Gasteiger partial charge >= 0.3 is 0 Å². The number of thiol groups is 1. The fourth-order valence-corrected chi connectivity index (χ4v) is 1.38. The van der Waals surface area contributed by atoms with E-state index in [0.717, 1.165) is 0 Å². The zero-order valence-electron chi connectivity index (χ0n) is 7.85. The van der Waals surface area contributed by atoms with E-state index < -0.39 is 5.82 Å². The lowest BCUT2D eigenvalue weighted by Crippen LogP contribution is -1.87. The van der Waals surface area contributed by atoms with Crippen LogP contribution in [0.5, 0.6) is 11.5 Å². The summed E-state index contributed by atoms with van der Waals surface area (Å²) in [5, 5.41) is 0. The van der Waals surface area contributed by atoms with Crippen LogP contribution >= 0.6 is 12.6 Å². The quantitative estimate of drug-likeness (QED) is 0.755. The van der Waals surface area contributed by atoms with Crippen molar-refractivity contribution in [3.8, 4) is 11.5 Å². The minimum atomic E-state index is -0.392. The summed E-state index contributed by atoms with van der Waals surface area (Å²) in [5.74, 6) is 0.403. The van der Waals surface area contributed by atoms with Gasteiger partial charge in [0.2, 0.25) is 0 Å². The topological polar surface area (TPSA) is 9.23 Å². The molecular weight excluding hydrogens is 211 g/mol. The average molecular weight is 220 g/mol. The van der Waals surface area contributed by atoms with Gasteiger partial charge in [0.15, 0.2) is 11.6 Å². The fraction of sp³-hybridized carbons (Fsp3) is 0. The summed E-state index contributed by atoms with van der Waals surface area (Å²) in [4.78, 5) is 0.669. The number of ether oxygens (including phenoxy) is 1. The van der Waals surface area contributed by atoms with Crippen molar-refractivity contribution in [1.82, 2.24) is 0 Å². The maximum Gasteiger partial charge on any atom is 0.165 e. The minimum absolute atomic E-state index is 0.189. The predicted octanol–water partition coefficient (Wildman–Crippen LogP) is 3.91. The van der Waals surface area contributed by atoms with Gasteiger partial charge in [-0.05, 0) is 30.3 Å². The lowest BCUT2D eigenvalue weighted by molar-refractivity contribution is 0.441. The van der Waals surface area contributed by atoms with Crippen molar-refractivity contribution in [2.24, 2.45) is 0 Å². The van der Waals surface area contributed by atoms with Crippen molar-refractivity contribution in [2.75, 3.05) is 0 Å². The van der Waals surface area contributed by atoms with Crippen LogP contribution in [0.1, 0.15) is 0 Å². The van der Waals surface area contributed by atoms with Gasteiger partial charge in [-0.15, -0.1) is 12.6 Å². The Morgan fingerprint density at radius 2 is 1.73 bits per heavy atom. The molecule has 0 saturated carbocycles. The summed E-state index contributed by atoms with van der Waals surface area (Å²) in [6.45, 7) is 0. The van der Waals surface area contributed by atoms with E-state index >= 15 is 0 Å². The first kappa shape index (κ1) is 10.1. The Bertz CT molecular complexity index is 456. The SMILES string of the molecule is Fc1ccc(S)cc1Oc1ccccc1. The van der Waals surface area contributed by atoms with Crippen LogP contribution in [0.4, 0.5) is 4.39 Å². The first-order valence-electron chi connectivity index (χ1n) is 4.47. The third-order valence-corrected chi connectivity index (χ3v) is 2.16. The second-order valence-electron chi connectivity index (χ2n) is 3.03. The number of hydrogen-bond acceptors (Lipinski definition) is 2. The van der Waals surface area contributed by atoms with E-state index in [1.807, 2.05) is 18.2 Å². The molecule has 0 atom stereocenters. The highest BCUT2D eigenvalue weighted by molar-refractivity contribution is 7.80. The Morgan fingerprint density at radius 3 is 2.47 bits per heavy atom. The van der Waals surface area contributed by atoms with E-state index in [9.17, 15) is 4.39 Å². The third kappa shape index (κ3) is 2.50. The number of rotatable bonds is 2. The molecule has 0 amide bonds. The van der Waals surface area contributed by atoms with E-state index in [1.54, 1.807) is 24.3 Å². The van der Waals surface area contributed by atoms with E-state index in [0.29, 0.717) is 10.6 Å². The van der Waals surface area contributed by atoms with Crippen molar-refractivity contribution in [3.05, 3.63) is 54.3 Å². The van der Waals surface area contributed by atoms with E-state index in [4.69, 9.17) is 4.74 Å². The second kappa shape index (κ2) is 4.36. The van der Waals surface area contributed by atoms with Gasteiger partial charge < -0.3 is 4.74 Å². The summed E-state index contributed by atoms with van der Waals surface area (Å²) in [7, 11) is 0. The molecule has 0 fully saturated rings. The molecule has 2 aromatic carbocycles. The molecule has 15 heavy (non-hydrogen) atoms. The summed E-state index contributed by atoms with van der Waals surface area (Å²) in [6.07, 6.45) is 0. The standard InChI is InChI=1S/C12H9FOS/c13-11-7-6-10(15)8-12(11)14-9-4-2-1-3-5-9/h1-8,15H. The zero-order valence-corrected chi connectivity index (χ0v) is 8.75. The molecule has 0 aromatic heterocycles. The summed E-state index contributed by atoms with van der Waals surface area (Å²) >= 11 is 4.12. The van der Waals surface area contributed by atoms with Gasteiger partial charge in [0, 0.05) is 4.90 Å². The molecule has 0 aliphatic heterocycles. The molecule has 0 unspecified atom stereocenters. The van der Waals surface area contributed by atoms with E-state index in [-0.39, 0.29) is 5.75 Å². The van der Waals surface area contributed by atoms with Crippen LogP contribution in [-0.4, -0.2) is 0 Å². The third-order valence-electron chi connectivity index (χ3n) is 1.89. The van der Waals surface area contributed by atoms with Gasteiger partial charge in [0.1, 0.15) is 5.75 Å². The van der Waals surface area contributed by atoms with Crippen LogP contribution in [-0.2, 0) is 0 Å². The van der Waals surface area contributed by atoms with Crippen molar-refractivity contribution < 1.29 is 9.13 Å². The number of hydrogen-bond donors (Lipinski definition) is 1. The Kier molecular flexibility index (Phi) is 2.92. The lowest BCUT2D eigenvalue weighted by Gasteiger charge is -2.06. The van der Waals surface area contributed by atoms with Crippen LogP contribution in [0.25, 0.3) is 0 Å². The molecule has 0 radical (unpaired) electrons. The highest BCUT2D eigenvalue weighted by atomic mass is 32.1. The van der Waals surface area contributed by atoms with E-state index in [2.05, 4.69) is 12.6 Å². The van der Waals surface area contributed by atoms with Crippen molar-refractivity contribution >= 4 is 12.6 Å². The molecule has 0 aliphatic carbocycles. The van der Waals surface area contributed by atoms with Crippen LogP contribution in [0, 0.1) is 5.82 Å². The van der Waals surface area contributed by atoms with E-state index in [1.165, 1.54) is 6.07 Å². The van der Waals surface area contributed by atoms with Gasteiger partial charge in [-0.3, -0.25) is 0 Å². The van der Waals surface area contributed by atoms with Crippen molar-refractivity contribution in [3.63, 3.8) is 0 Å². The maximum absolute atomic E-state index is 13.3. The Hall–Kier alpha value is -1.48. The molecule has 0 spiro atoms. The second-order valence-corrected chi connectivity index (χ2v) is 3.55. The van der Waals surface area contributed by atoms with Gasteiger partial charge in [-0.2, -0.15) is 0 Å². The highest BCUT2D eigenvalue weighted by Gasteiger charge is 2.04. The number of halogens is 1. The Balaban J connectivity index is 2.28. The Labute approximate surface area is 92.9 Å². The molecule has 0 N–H and O–H groups in total. The summed E-state index contributed by atoms with van der Waals surface area (Å²) in [5.41, 5.74) is 0. The Morgan fingerprint density at radius 1 is 1.00 bits per heavy atom. The average Bonchev–Trinajstić information content (AvgIpc) is 2.25. The molecule has 3 heteroatoms. The normalized spacial score (nSPS) is 10.0. The van der Waals surface area contributed by atoms with Crippen molar-refractivity contribution in [1.29, 1.82) is 0 Å². The highest BCUT2D eigenvalue weighted by Crippen LogP contribution is 2.26. The predicted molar refractivity (Wildman–Crippen MR) is 60.2 cm³/mol. The first-order chi connectivity index (χ1) is 7.25. The molecular formula is C12H9FOS. The zero-order chi connectivity index (χ0) is 10.7. The fourth-order valence-electron chi connectivity index (χ4n) is 1.19. The molecule has 76 valence electrons. The molecule has 0 saturated heterocycles. The molecule has 0 heterocycles. The summed E-state index contributed by atoms with van der Waals surface area (Å²) < 4.78 is 18.7. The molecule has 0 aliphatic rings. The van der Waals surface area contributed by atoms with Gasteiger partial charge in [-0.1, -0.05) is 18.2 Å². The van der Waals surface area contributed by atoms with Crippen molar-refractivity contribution in [2.45, 2.75) is 4.90 Å². The van der Waals surface area contributed by atoms with Crippen LogP contribution in [0.15, 0.2) is 53.4 Å². The van der Waals surface area contributed by atoms with Gasteiger partial charge in [-0.25, -0.2) is 4.39 Å². The lowest BCUT2D eigenvalue weighted by atomic mass is 10.3. The smallest absolute Gasteiger partial charge is 0.165 e. The number of para-hydroxylation sites is 1.